The molecule has 0 radical (unpaired) electrons. The molecule has 0 saturated carbocycles. The van der Waals surface area contributed by atoms with Crippen LogP contribution >= 0.6 is 11.3 Å². The number of carbonyl (C=O) groups excluding carboxylic acids is 2. The predicted molar refractivity (Wildman–Crippen MR) is 108 cm³/mol. The maximum Gasteiger partial charge on any atom is 0.253 e. The summed E-state index contributed by atoms with van der Waals surface area (Å²) in [6, 6.07) is 15.3. The number of hydrogen-bond donors (Lipinski definition) is 1. The van der Waals surface area contributed by atoms with Crippen LogP contribution in [-0.2, 0) is 4.79 Å². The molecule has 2 aromatic carbocycles. The summed E-state index contributed by atoms with van der Waals surface area (Å²) in [5.74, 6) is 0.353. The number of amides is 2. The Labute approximate surface area is 162 Å². The van der Waals surface area contributed by atoms with Gasteiger partial charge in [-0.15, -0.1) is 11.3 Å². The number of thiazole rings is 1. The maximum absolute atomic E-state index is 12.7. The van der Waals surface area contributed by atoms with Crippen LogP contribution in [0.1, 0.15) is 41.0 Å². The fourth-order valence-electron chi connectivity index (χ4n) is 3.48. The van der Waals surface area contributed by atoms with Gasteiger partial charge < -0.3 is 10.2 Å². The highest BCUT2D eigenvalue weighted by Gasteiger charge is 2.26. The molecule has 27 heavy (non-hydrogen) atoms. The number of hydrogen-bond acceptors (Lipinski definition) is 4. The summed E-state index contributed by atoms with van der Waals surface area (Å²) in [5.41, 5.74) is 2.42. The Hall–Kier alpha value is -2.73. The first-order valence-electron chi connectivity index (χ1n) is 9.12. The van der Waals surface area contributed by atoms with E-state index in [4.69, 9.17) is 4.98 Å². The fourth-order valence-corrected chi connectivity index (χ4v) is 4.61. The molecular weight excluding hydrogens is 358 g/mol. The number of benzene rings is 2. The van der Waals surface area contributed by atoms with Crippen LogP contribution in [0.2, 0.25) is 0 Å². The van der Waals surface area contributed by atoms with Gasteiger partial charge in [-0.25, -0.2) is 4.98 Å². The number of fused-ring (bicyclic) bond motifs is 1. The molecule has 138 valence electrons. The summed E-state index contributed by atoms with van der Waals surface area (Å²) in [4.78, 5) is 30.5. The topological polar surface area (TPSA) is 62.3 Å². The predicted octanol–water partition coefficient (Wildman–Crippen LogP) is 4.27. The Morgan fingerprint density at radius 3 is 2.44 bits per heavy atom. The minimum atomic E-state index is -0.119. The van der Waals surface area contributed by atoms with Crippen LogP contribution in [0.25, 0.3) is 10.2 Å². The van der Waals surface area contributed by atoms with Crippen molar-refractivity contribution in [1.82, 2.24) is 9.88 Å². The number of aromatic nitrogens is 1. The molecule has 5 nitrogen and oxygen atoms in total. The van der Waals surface area contributed by atoms with Crippen LogP contribution in [0.5, 0.6) is 0 Å². The quantitative estimate of drug-likeness (QED) is 0.739. The van der Waals surface area contributed by atoms with E-state index < -0.39 is 0 Å². The lowest BCUT2D eigenvalue weighted by Gasteiger charge is -2.31. The van der Waals surface area contributed by atoms with Gasteiger partial charge in [-0.05, 0) is 49.2 Å². The van der Waals surface area contributed by atoms with Gasteiger partial charge in [-0.2, -0.15) is 0 Å². The first-order chi connectivity index (χ1) is 13.1. The zero-order chi connectivity index (χ0) is 18.8. The molecular formula is C21H21N3O2S. The van der Waals surface area contributed by atoms with E-state index in [1.807, 2.05) is 17.0 Å². The van der Waals surface area contributed by atoms with Crippen molar-refractivity contribution < 1.29 is 9.59 Å². The zero-order valence-corrected chi connectivity index (χ0v) is 16.0. The van der Waals surface area contributed by atoms with Crippen molar-refractivity contribution in [2.45, 2.75) is 25.7 Å². The summed E-state index contributed by atoms with van der Waals surface area (Å²) in [6.07, 6.45) is 1.88. The third kappa shape index (κ3) is 3.85. The monoisotopic (exact) mass is 379 g/mol. The summed E-state index contributed by atoms with van der Waals surface area (Å²) in [7, 11) is 0. The van der Waals surface area contributed by atoms with E-state index in [9.17, 15) is 9.59 Å². The zero-order valence-electron chi connectivity index (χ0n) is 15.1. The van der Waals surface area contributed by atoms with Gasteiger partial charge in [0.05, 0.1) is 15.2 Å². The number of nitrogens with zero attached hydrogens (tertiary/aromatic N) is 2. The average molecular weight is 379 g/mol. The van der Waals surface area contributed by atoms with Gasteiger partial charge in [0.15, 0.2) is 0 Å². The highest BCUT2D eigenvalue weighted by atomic mass is 32.1. The largest absolute Gasteiger partial charge is 0.339 e. The minimum absolute atomic E-state index is 0.0483. The average Bonchev–Trinajstić information content (AvgIpc) is 3.12. The number of piperidine rings is 1. The van der Waals surface area contributed by atoms with Crippen molar-refractivity contribution in [2.75, 3.05) is 18.4 Å². The third-order valence-corrected chi connectivity index (χ3v) is 6.09. The Kier molecular flexibility index (Phi) is 4.90. The Morgan fingerprint density at radius 1 is 1.07 bits per heavy atom. The van der Waals surface area contributed by atoms with E-state index in [-0.39, 0.29) is 11.8 Å². The van der Waals surface area contributed by atoms with E-state index in [0.717, 1.165) is 31.4 Å². The molecule has 1 saturated heterocycles. The summed E-state index contributed by atoms with van der Waals surface area (Å²) in [6.45, 7) is 2.95. The van der Waals surface area contributed by atoms with Gasteiger partial charge in [0.25, 0.3) is 5.91 Å². The second kappa shape index (κ2) is 7.48. The van der Waals surface area contributed by atoms with Crippen molar-refractivity contribution in [3.8, 4) is 0 Å². The molecule has 1 aromatic heterocycles. The molecule has 3 aromatic rings. The molecule has 0 aliphatic carbocycles. The third-order valence-electron chi connectivity index (χ3n) is 4.89. The lowest BCUT2D eigenvalue weighted by atomic mass is 9.97. The van der Waals surface area contributed by atoms with E-state index in [1.54, 1.807) is 35.6 Å². The molecule has 6 heteroatoms. The van der Waals surface area contributed by atoms with Gasteiger partial charge in [-0.3, -0.25) is 9.59 Å². The smallest absolute Gasteiger partial charge is 0.253 e. The number of rotatable bonds is 3. The second-order valence-corrected chi connectivity index (χ2v) is 7.91. The van der Waals surface area contributed by atoms with E-state index in [0.29, 0.717) is 17.2 Å². The van der Waals surface area contributed by atoms with Crippen LogP contribution in [0.3, 0.4) is 0 Å². The van der Waals surface area contributed by atoms with Gasteiger partial charge in [0, 0.05) is 37.2 Å². The van der Waals surface area contributed by atoms with Crippen LogP contribution in [0.4, 0.5) is 5.69 Å². The summed E-state index contributed by atoms with van der Waals surface area (Å²) >= 11 is 1.77. The fraction of sp³-hybridized carbons (Fsp3) is 0.286. The van der Waals surface area contributed by atoms with Crippen molar-refractivity contribution in [2.24, 2.45) is 0 Å². The molecule has 1 fully saturated rings. The molecule has 1 aliphatic rings. The van der Waals surface area contributed by atoms with E-state index in [2.05, 4.69) is 17.4 Å². The number of carbonyl (C=O) groups is 2. The summed E-state index contributed by atoms with van der Waals surface area (Å²) < 4.78 is 1.23. The summed E-state index contributed by atoms with van der Waals surface area (Å²) in [5, 5.41) is 3.90. The molecule has 0 atom stereocenters. The molecule has 0 spiro atoms. The molecule has 0 bridgehead atoms. The van der Waals surface area contributed by atoms with Gasteiger partial charge in [0.2, 0.25) is 5.91 Å². The van der Waals surface area contributed by atoms with E-state index in [1.165, 1.54) is 16.6 Å². The normalized spacial score (nSPS) is 15.1. The molecule has 2 amide bonds. The van der Waals surface area contributed by atoms with Crippen molar-refractivity contribution in [1.29, 1.82) is 0 Å². The molecule has 4 rings (SSSR count). The number of para-hydroxylation sites is 1. The van der Waals surface area contributed by atoms with Crippen LogP contribution in [0.15, 0.2) is 48.5 Å². The second-order valence-electron chi connectivity index (χ2n) is 6.84. The lowest BCUT2D eigenvalue weighted by molar-refractivity contribution is -0.114. The maximum atomic E-state index is 12.7. The van der Waals surface area contributed by atoms with Crippen LogP contribution in [-0.4, -0.2) is 34.8 Å². The highest BCUT2D eigenvalue weighted by Crippen LogP contribution is 2.34. The van der Waals surface area contributed by atoms with Crippen LogP contribution < -0.4 is 5.32 Å². The number of nitrogens with one attached hydrogen (secondary N) is 1. The lowest BCUT2D eigenvalue weighted by Crippen LogP contribution is -2.37. The Bertz CT molecular complexity index is 940. The molecule has 2 heterocycles. The number of anilines is 1. The van der Waals surface area contributed by atoms with Crippen LogP contribution in [0, 0.1) is 0 Å². The molecule has 1 N–H and O–H groups in total. The standard InChI is InChI=1S/C21H21N3O2S/c1-14(25)22-17-8-6-16(7-9-17)21(26)24-12-10-15(11-13-24)20-23-18-4-2-3-5-19(18)27-20/h2-9,15H,10-13H2,1H3,(H,22,25). The van der Waals surface area contributed by atoms with Gasteiger partial charge in [-0.1, -0.05) is 12.1 Å². The van der Waals surface area contributed by atoms with Gasteiger partial charge >= 0.3 is 0 Å². The Morgan fingerprint density at radius 2 is 1.78 bits per heavy atom. The molecule has 1 aliphatic heterocycles. The van der Waals surface area contributed by atoms with Crippen molar-refractivity contribution in [3.05, 3.63) is 59.1 Å². The highest BCUT2D eigenvalue weighted by molar-refractivity contribution is 7.18. The van der Waals surface area contributed by atoms with E-state index >= 15 is 0 Å². The number of likely N-dealkylation sites (tertiary alicyclic amines) is 1. The van der Waals surface area contributed by atoms with Crippen molar-refractivity contribution >= 4 is 39.1 Å². The van der Waals surface area contributed by atoms with Crippen molar-refractivity contribution in [3.63, 3.8) is 0 Å². The minimum Gasteiger partial charge on any atom is -0.339 e. The first-order valence-corrected chi connectivity index (χ1v) is 9.94. The first kappa shape index (κ1) is 17.7. The Balaban J connectivity index is 1.39. The molecule has 0 unspecified atom stereocenters. The SMILES string of the molecule is CC(=O)Nc1ccc(C(=O)N2CCC(c3nc4ccccc4s3)CC2)cc1. The van der Waals surface area contributed by atoms with Gasteiger partial charge in [0.1, 0.15) is 0 Å².